The topological polar surface area (TPSA) is 41.6 Å². The smallest absolute Gasteiger partial charge is 0.281 e. The van der Waals surface area contributed by atoms with Gasteiger partial charge in [0, 0.05) is 15.6 Å². The van der Waals surface area contributed by atoms with E-state index in [-0.39, 0.29) is 16.7 Å². The Balaban J connectivity index is 2.00. The summed E-state index contributed by atoms with van der Waals surface area (Å²) in [6.45, 7) is 0. The highest BCUT2D eigenvalue weighted by molar-refractivity contribution is 7.80. The van der Waals surface area contributed by atoms with Gasteiger partial charge in [0.2, 0.25) is 0 Å². The van der Waals surface area contributed by atoms with Gasteiger partial charge in [-0.15, -0.1) is 0 Å². The predicted octanol–water partition coefficient (Wildman–Crippen LogP) is 4.92. The zero-order chi connectivity index (χ0) is 18.1. The molecular weight excluding hydrogens is 403 g/mol. The Morgan fingerprint density at radius 3 is 2.44 bits per heavy atom. The van der Waals surface area contributed by atoms with Crippen LogP contribution in [0.15, 0.2) is 42.1 Å². The number of hydrogen-bond acceptors (Lipinski definition) is 3. The van der Waals surface area contributed by atoms with Crippen molar-refractivity contribution in [2.24, 2.45) is 0 Å². The summed E-state index contributed by atoms with van der Waals surface area (Å²) < 4.78 is 5.29. The van der Waals surface area contributed by atoms with Crippen molar-refractivity contribution in [3.05, 3.63) is 62.7 Å². The van der Waals surface area contributed by atoms with Gasteiger partial charge in [-0.1, -0.05) is 34.8 Å². The molecule has 1 amide bonds. The minimum atomic E-state index is -0.300. The first-order chi connectivity index (χ1) is 11.9. The summed E-state index contributed by atoms with van der Waals surface area (Å²) in [5, 5.41) is 4.52. The van der Waals surface area contributed by atoms with Crippen LogP contribution in [0, 0.1) is 0 Å². The molecule has 128 valence electrons. The molecule has 8 heteroatoms. The van der Waals surface area contributed by atoms with Gasteiger partial charge in [-0.3, -0.25) is 9.69 Å². The largest absolute Gasteiger partial charge is 0.495 e. The highest BCUT2D eigenvalue weighted by Crippen LogP contribution is 2.34. The number of benzene rings is 2. The maximum Gasteiger partial charge on any atom is 0.281 e. The molecule has 0 unspecified atom stereocenters. The van der Waals surface area contributed by atoms with Crippen LogP contribution in [-0.4, -0.2) is 18.1 Å². The molecule has 1 aliphatic heterocycles. The van der Waals surface area contributed by atoms with E-state index in [0.29, 0.717) is 32.1 Å². The Morgan fingerprint density at radius 1 is 1.12 bits per heavy atom. The van der Waals surface area contributed by atoms with Crippen molar-refractivity contribution in [2.75, 3.05) is 12.0 Å². The minimum Gasteiger partial charge on any atom is -0.495 e. The number of rotatable bonds is 3. The van der Waals surface area contributed by atoms with Crippen molar-refractivity contribution < 1.29 is 9.53 Å². The second-order valence-corrected chi connectivity index (χ2v) is 6.78. The van der Waals surface area contributed by atoms with E-state index in [0.717, 1.165) is 0 Å². The fourth-order valence-corrected chi connectivity index (χ4v) is 3.43. The Labute approximate surface area is 164 Å². The zero-order valence-electron chi connectivity index (χ0n) is 12.8. The quantitative estimate of drug-likeness (QED) is 0.573. The zero-order valence-corrected chi connectivity index (χ0v) is 15.9. The van der Waals surface area contributed by atoms with Gasteiger partial charge < -0.3 is 10.1 Å². The molecule has 1 N–H and O–H groups in total. The van der Waals surface area contributed by atoms with Gasteiger partial charge >= 0.3 is 0 Å². The van der Waals surface area contributed by atoms with Crippen molar-refractivity contribution in [3.63, 3.8) is 0 Å². The SMILES string of the molecule is COc1c(Cl)cc(Cl)cc1/C=C1/NC(=S)N(c2ccc(Cl)cc2)C1=O. The number of methoxy groups -OCH3 is 1. The van der Waals surface area contributed by atoms with E-state index in [2.05, 4.69) is 5.32 Å². The molecule has 0 saturated carbocycles. The van der Waals surface area contributed by atoms with Crippen molar-refractivity contribution in [1.82, 2.24) is 5.32 Å². The lowest BCUT2D eigenvalue weighted by molar-refractivity contribution is -0.113. The molecule has 0 radical (unpaired) electrons. The molecular formula is C17H11Cl3N2O2S. The number of carbonyl (C=O) groups is 1. The molecule has 2 aromatic carbocycles. The Kier molecular flexibility index (Phi) is 5.20. The number of ether oxygens (including phenoxy) is 1. The predicted molar refractivity (Wildman–Crippen MR) is 106 cm³/mol. The second-order valence-electron chi connectivity index (χ2n) is 5.12. The van der Waals surface area contributed by atoms with E-state index in [1.165, 1.54) is 12.0 Å². The van der Waals surface area contributed by atoms with E-state index < -0.39 is 0 Å². The lowest BCUT2D eigenvalue weighted by Crippen LogP contribution is -2.30. The van der Waals surface area contributed by atoms with Gasteiger partial charge in [0.15, 0.2) is 5.11 Å². The van der Waals surface area contributed by atoms with Gasteiger partial charge in [0.05, 0.1) is 17.8 Å². The Morgan fingerprint density at radius 2 is 1.80 bits per heavy atom. The summed E-state index contributed by atoms with van der Waals surface area (Å²) in [7, 11) is 1.49. The van der Waals surface area contributed by atoms with Crippen LogP contribution in [0.2, 0.25) is 15.1 Å². The molecule has 1 heterocycles. The van der Waals surface area contributed by atoms with Crippen molar-refractivity contribution in [2.45, 2.75) is 0 Å². The number of nitrogens with zero attached hydrogens (tertiary/aromatic N) is 1. The fraction of sp³-hybridized carbons (Fsp3) is 0.0588. The van der Waals surface area contributed by atoms with E-state index >= 15 is 0 Å². The average molecular weight is 414 g/mol. The second kappa shape index (κ2) is 7.22. The normalized spacial score (nSPS) is 15.7. The summed E-state index contributed by atoms with van der Waals surface area (Å²) in [6.07, 6.45) is 1.60. The van der Waals surface area contributed by atoms with Crippen LogP contribution in [0.3, 0.4) is 0 Å². The molecule has 0 bridgehead atoms. The standard InChI is InChI=1S/C17H11Cl3N2O2S/c1-24-15-9(6-11(19)8-13(15)20)7-14-16(23)22(17(25)21-14)12-4-2-10(18)3-5-12/h2-8H,1H3,(H,21,25)/b14-7+. The summed E-state index contributed by atoms with van der Waals surface area (Å²) in [6, 6.07) is 10.0. The van der Waals surface area contributed by atoms with Crippen LogP contribution < -0.4 is 15.0 Å². The van der Waals surface area contributed by atoms with Crippen LogP contribution in [0.25, 0.3) is 6.08 Å². The molecule has 3 rings (SSSR count). The Bertz CT molecular complexity index is 898. The van der Waals surface area contributed by atoms with Crippen LogP contribution in [-0.2, 0) is 4.79 Å². The van der Waals surface area contributed by atoms with Gasteiger partial charge in [-0.2, -0.15) is 0 Å². The van der Waals surface area contributed by atoms with Crippen LogP contribution in [0.5, 0.6) is 5.75 Å². The van der Waals surface area contributed by atoms with Gasteiger partial charge in [-0.25, -0.2) is 0 Å². The highest BCUT2D eigenvalue weighted by atomic mass is 35.5. The molecule has 0 aliphatic carbocycles. The molecule has 2 aromatic rings. The van der Waals surface area contributed by atoms with Gasteiger partial charge in [0.1, 0.15) is 11.4 Å². The third-order valence-corrected chi connectivity index (χ3v) is 4.54. The lowest BCUT2D eigenvalue weighted by atomic mass is 10.1. The first-order valence-corrected chi connectivity index (χ1v) is 8.60. The maximum absolute atomic E-state index is 12.7. The van der Waals surface area contributed by atoms with Crippen molar-refractivity contribution >= 4 is 69.8 Å². The molecule has 0 spiro atoms. The lowest BCUT2D eigenvalue weighted by Gasteiger charge is -2.13. The number of carbonyl (C=O) groups excluding carboxylic acids is 1. The van der Waals surface area contributed by atoms with E-state index in [1.807, 2.05) is 0 Å². The highest BCUT2D eigenvalue weighted by Gasteiger charge is 2.32. The third kappa shape index (κ3) is 3.60. The summed E-state index contributed by atoms with van der Waals surface area (Å²) in [4.78, 5) is 14.1. The number of halogens is 3. The number of amides is 1. The monoisotopic (exact) mass is 412 g/mol. The van der Waals surface area contributed by atoms with Crippen molar-refractivity contribution in [1.29, 1.82) is 0 Å². The summed E-state index contributed by atoms with van der Waals surface area (Å²) in [5.41, 5.74) is 1.47. The average Bonchev–Trinajstić information content (AvgIpc) is 2.82. The van der Waals surface area contributed by atoms with Crippen LogP contribution in [0.1, 0.15) is 5.56 Å². The summed E-state index contributed by atoms with van der Waals surface area (Å²) in [5.74, 6) is 0.120. The number of nitrogens with one attached hydrogen (secondary N) is 1. The molecule has 25 heavy (non-hydrogen) atoms. The number of thiocarbonyl (C=S) groups is 1. The van der Waals surface area contributed by atoms with E-state index in [4.69, 9.17) is 51.8 Å². The van der Waals surface area contributed by atoms with Crippen molar-refractivity contribution in [3.8, 4) is 5.75 Å². The Hall–Kier alpha value is -1.79. The molecule has 1 aliphatic rings. The van der Waals surface area contributed by atoms with Crippen LogP contribution in [0.4, 0.5) is 5.69 Å². The first-order valence-electron chi connectivity index (χ1n) is 7.06. The maximum atomic E-state index is 12.7. The molecule has 4 nitrogen and oxygen atoms in total. The number of anilines is 1. The van der Waals surface area contributed by atoms with E-state index in [9.17, 15) is 4.79 Å². The number of hydrogen-bond donors (Lipinski definition) is 1. The molecule has 1 fully saturated rings. The van der Waals surface area contributed by atoms with E-state index in [1.54, 1.807) is 42.5 Å². The van der Waals surface area contributed by atoms with Crippen LogP contribution >= 0.6 is 47.0 Å². The summed E-state index contributed by atoms with van der Waals surface area (Å²) >= 11 is 23.3. The fourth-order valence-electron chi connectivity index (χ4n) is 2.42. The first kappa shape index (κ1) is 18.0. The van der Waals surface area contributed by atoms with Gasteiger partial charge in [-0.05, 0) is 54.7 Å². The molecule has 0 aromatic heterocycles. The molecule has 0 atom stereocenters. The minimum absolute atomic E-state index is 0.269. The van der Waals surface area contributed by atoms with Gasteiger partial charge in [0.25, 0.3) is 5.91 Å². The third-order valence-electron chi connectivity index (χ3n) is 3.50. The molecule has 1 saturated heterocycles.